The summed E-state index contributed by atoms with van der Waals surface area (Å²) in [5, 5.41) is 0. The van der Waals surface area contributed by atoms with Crippen LogP contribution in [0.2, 0.25) is 0 Å². The molecule has 1 atom stereocenters. The van der Waals surface area contributed by atoms with Crippen LogP contribution in [-0.4, -0.2) is 37.2 Å². The average Bonchev–Trinajstić information content (AvgIpc) is 3.23. The van der Waals surface area contributed by atoms with E-state index in [2.05, 4.69) is 106 Å². The Kier molecular flexibility index (Phi) is 44.5. The molecule has 0 rings (SSSR count). The van der Waals surface area contributed by atoms with E-state index in [9.17, 15) is 14.4 Å². The van der Waals surface area contributed by atoms with Crippen LogP contribution in [-0.2, 0) is 28.6 Å². The molecule has 6 heteroatoms. The SMILES string of the molecule is CC/C=C\C/C=C\C/C=C\C/C=C\C/C=C\C/C=C\C/C=C\CCCCCC(=O)OCC(COC(=O)CCCCCCCC)OC(=O)CCCCCCCCCCCC. The first-order chi connectivity index (χ1) is 29.0. The van der Waals surface area contributed by atoms with E-state index in [0.717, 1.165) is 109 Å². The van der Waals surface area contributed by atoms with Crippen LogP contribution in [0.5, 0.6) is 0 Å². The number of esters is 3. The standard InChI is InChI=1S/C53H88O6/c1-4-7-10-13-16-18-20-21-22-23-24-25-26-27-28-29-30-31-32-33-34-36-37-40-43-46-52(55)58-49-50(48-57-51(54)45-42-39-15-12-9-6-3)59-53(56)47-44-41-38-35-19-17-14-11-8-5-2/h7,10,16,18,21-22,24-25,27-28,30-31,33-34,50H,4-6,8-9,11-15,17,19-20,23,26,29,32,35-49H2,1-3H3/b10-7-,18-16-,22-21-,25-24-,28-27-,31-30-,34-33-. The van der Waals surface area contributed by atoms with Crippen molar-refractivity contribution in [3.63, 3.8) is 0 Å². The van der Waals surface area contributed by atoms with Crippen molar-refractivity contribution in [2.45, 2.75) is 219 Å². The van der Waals surface area contributed by atoms with E-state index in [1.165, 1.54) is 64.2 Å². The summed E-state index contributed by atoms with van der Waals surface area (Å²) >= 11 is 0. The van der Waals surface area contributed by atoms with Crippen LogP contribution >= 0.6 is 0 Å². The summed E-state index contributed by atoms with van der Waals surface area (Å²) in [5.74, 6) is -0.937. The maximum Gasteiger partial charge on any atom is 0.306 e. The van der Waals surface area contributed by atoms with Gasteiger partial charge in [-0.3, -0.25) is 14.4 Å². The molecular formula is C53H88O6. The number of carbonyl (C=O) groups excluding carboxylic acids is 3. The van der Waals surface area contributed by atoms with Crippen LogP contribution in [0, 0.1) is 0 Å². The molecule has 0 aliphatic rings. The Morgan fingerprint density at radius 1 is 0.356 bits per heavy atom. The van der Waals surface area contributed by atoms with Crippen LogP contribution in [0.15, 0.2) is 85.1 Å². The highest BCUT2D eigenvalue weighted by Crippen LogP contribution is 2.13. The molecule has 0 amide bonds. The number of rotatable bonds is 42. The molecule has 59 heavy (non-hydrogen) atoms. The Labute approximate surface area is 363 Å². The van der Waals surface area contributed by atoms with Gasteiger partial charge in [0.2, 0.25) is 0 Å². The number of allylic oxidation sites excluding steroid dienone is 14. The van der Waals surface area contributed by atoms with E-state index >= 15 is 0 Å². The van der Waals surface area contributed by atoms with Crippen molar-refractivity contribution in [1.82, 2.24) is 0 Å². The predicted molar refractivity (Wildman–Crippen MR) is 251 cm³/mol. The minimum Gasteiger partial charge on any atom is -0.462 e. The minimum atomic E-state index is -0.783. The summed E-state index contributed by atoms with van der Waals surface area (Å²) in [6, 6.07) is 0. The number of carbonyl (C=O) groups is 3. The summed E-state index contributed by atoms with van der Waals surface area (Å²) in [7, 11) is 0. The lowest BCUT2D eigenvalue weighted by Gasteiger charge is -2.18. The van der Waals surface area contributed by atoms with Crippen molar-refractivity contribution in [2.24, 2.45) is 0 Å². The van der Waals surface area contributed by atoms with Gasteiger partial charge in [-0.1, -0.05) is 202 Å². The van der Waals surface area contributed by atoms with Crippen LogP contribution < -0.4 is 0 Å². The lowest BCUT2D eigenvalue weighted by molar-refractivity contribution is -0.167. The normalized spacial score (nSPS) is 12.8. The number of hydrogen-bond donors (Lipinski definition) is 0. The molecule has 0 saturated heterocycles. The Hall–Kier alpha value is -3.41. The Balaban J connectivity index is 4.24. The van der Waals surface area contributed by atoms with Crippen molar-refractivity contribution >= 4 is 17.9 Å². The Morgan fingerprint density at radius 3 is 1.03 bits per heavy atom. The highest BCUT2D eigenvalue weighted by atomic mass is 16.6. The molecule has 0 aromatic carbocycles. The second-order valence-electron chi connectivity index (χ2n) is 15.6. The van der Waals surface area contributed by atoms with Crippen LogP contribution in [0.25, 0.3) is 0 Å². The zero-order chi connectivity index (χ0) is 43.0. The average molecular weight is 821 g/mol. The Morgan fingerprint density at radius 2 is 0.661 bits per heavy atom. The molecule has 0 aromatic heterocycles. The summed E-state index contributed by atoms with van der Waals surface area (Å²) < 4.78 is 16.6. The van der Waals surface area contributed by atoms with E-state index < -0.39 is 6.10 Å². The van der Waals surface area contributed by atoms with Crippen molar-refractivity contribution in [3.8, 4) is 0 Å². The maximum absolute atomic E-state index is 12.6. The van der Waals surface area contributed by atoms with E-state index in [1.54, 1.807) is 0 Å². The molecule has 0 spiro atoms. The third-order valence-electron chi connectivity index (χ3n) is 9.91. The van der Waals surface area contributed by atoms with Gasteiger partial charge in [0.05, 0.1) is 0 Å². The molecule has 1 unspecified atom stereocenters. The molecule has 0 heterocycles. The molecule has 0 fully saturated rings. The van der Waals surface area contributed by atoms with Crippen molar-refractivity contribution < 1.29 is 28.6 Å². The van der Waals surface area contributed by atoms with E-state index in [-0.39, 0.29) is 31.1 Å². The summed E-state index contributed by atoms with van der Waals surface area (Å²) in [6.07, 6.45) is 60.2. The third-order valence-corrected chi connectivity index (χ3v) is 9.91. The van der Waals surface area contributed by atoms with Crippen LogP contribution in [0.3, 0.4) is 0 Å². The van der Waals surface area contributed by atoms with Gasteiger partial charge >= 0.3 is 17.9 Å². The quantitative estimate of drug-likeness (QED) is 0.0264. The van der Waals surface area contributed by atoms with E-state index in [1.807, 2.05) is 0 Å². The van der Waals surface area contributed by atoms with Gasteiger partial charge in [-0.15, -0.1) is 0 Å². The van der Waals surface area contributed by atoms with E-state index in [0.29, 0.717) is 19.3 Å². The highest BCUT2D eigenvalue weighted by Gasteiger charge is 2.19. The molecule has 0 aliphatic heterocycles. The molecule has 0 saturated carbocycles. The van der Waals surface area contributed by atoms with Gasteiger partial charge in [0, 0.05) is 19.3 Å². The zero-order valence-corrected chi connectivity index (χ0v) is 38.2. The van der Waals surface area contributed by atoms with Gasteiger partial charge in [-0.05, 0) is 77.0 Å². The number of hydrogen-bond acceptors (Lipinski definition) is 6. The minimum absolute atomic E-state index is 0.0867. The molecule has 6 nitrogen and oxygen atoms in total. The first kappa shape index (κ1) is 55.6. The third kappa shape index (κ3) is 45.5. The van der Waals surface area contributed by atoms with E-state index in [4.69, 9.17) is 14.2 Å². The summed E-state index contributed by atoms with van der Waals surface area (Å²) in [4.78, 5) is 37.5. The van der Waals surface area contributed by atoms with Crippen molar-refractivity contribution in [2.75, 3.05) is 13.2 Å². The highest BCUT2D eigenvalue weighted by molar-refractivity contribution is 5.71. The van der Waals surface area contributed by atoms with Crippen molar-refractivity contribution in [3.05, 3.63) is 85.1 Å². The van der Waals surface area contributed by atoms with Crippen LogP contribution in [0.1, 0.15) is 213 Å². The smallest absolute Gasteiger partial charge is 0.306 e. The molecule has 0 aromatic rings. The monoisotopic (exact) mass is 821 g/mol. The van der Waals surface area contributed by atoms with Gasteiger partial charge < -0.3 is 14.2 Å². The second kappa shape index (κ2) is 47.3. The fraction of sp³-hybridized carbons (Fsp3) is 0.679. The summed E-state index contributed by atoms with van der Waals surface area (Å²) in [5.41, 5.74) is 0. The lowest BCUT2D eigenvalue weighted by Crippen LogP contribution is -2.30. The van der Waals surface area contributed by atoms with Gasteiger partial charge in [0.25, 0.3) is 0 Å². The topological polar surface area (TPSA) is 78.9 Å². The fourth-order valence-electron chi connectivity index (χ4n) is 6.30. The first-order valence-electron chi connectivity index (χ1n) is 24.1. The molecule has 336 valence electrons. The van der Waals surface area contributed by atoms with Gasteiger partial charge in [0.1, 0.15) is 13.2 Å². The van der Waals surface area contributed by atoms with Crippen molar-refractivity contribution in [1.29, 1.82) is 0 Å². The number of ether oxygens (including phenoxy) is 3. The van der Waals surface area contributed by atoms with Crippen LogP contribution in [0.4, 0.5) is 0 Å². The first-order valence-corrected chi connectivity index (χ1v) is 24.1. The lowest BCUT2D eigenvalue weighted by atomic mass is 10.1. The van der Waals surface area contributed by atoms with Gasteiger partial charge in [-0.2, -0.15) is 0 Å². The summed E-state index contributed by atoms with van der Waals surface area (Å²) in [6.45, 7) is 6.40. The number of unbranched alkanes of at least 4 members (excludes halogenated alkanes) is 17. The molecular weight excluding hydrogens is 733 g/mol. The molecule has 0 N–H and O–H groups in total. The maximum atomic E-state index is 12.6. The predicted octanol–water partition coefficient (Wildman–Crippen LogP) is 15.6. The van der Waals surface area contributed by atoms with Gasteiger partial charge in [0.15, 0.2) is 6.10 Å². The molecule has 0 aliphatic carbocycles. The van der Waals surface area contributed by atoms with Gasteiger partial charge in [-0.25, -0.2) is 0 Å². The molecule has 0 bridgehead atoms. The largest absolute Gasteiger partial charge is 0.462 e. The Bertz CT molecular complexity index is 1170. The fourth-order valence-corrected chi connectivity index (χ4v) is 6.30. The molecule has 0 radical (unpaired) electrons. The zero-order valence-electron chi connectivity index (χ0n) is 38.2. The second-order valence-corrected chi connectivity index (χ2v) is 15.6.